The van der Waals surface area contributed by atoms with Gasteiger partial charge >= 0.3 is 5.97 Å². The van der Waals surface area contributed by atoms with Crippen LogP contribution in [0.5, 0.6) is 0 Å². The van der Waals surface area contributed by atoms with Crippen molar-refractivity contribution in [3.63, 3.8) is 0 Å². The zero-order chi connectivity index (χ0) is 11.7. The van der Waals surface area contributed by atoms with Gasteiger partial charge in [0.2, 0.25) is 0 Å². The Bertz CT molecular complexity index is 414. The first-order chi connectivity index (χ1) is 7.58. The molecule has 2 nitrogen and oxygen atoms in total. The summed E-state index contributed by atoms with van der Waals surface area (Å²) in [4.78, 5) is 10.8. The van der Waals surface area contributed by atoms with E-state index in [4.69, 9.17) is 5.11 Å². The molecule has 16 heavy (non-hydrogen) atoms. The fourth-order valence-corrected chi connectivity index (χ4v) is 2.94. The van der Waals surface area contributed by atoms with E-state index in [1.165, 1.54) is 11.1 Å². The molecule has 0 fully saturated rings. The number of aryl methyl sites for hydroxylation is 1. The summed E-state index contributed by atoms with van der Waals surface area (Å²) in [7, 11) is 0. The maximum Gasteiger partial charge on any atom is 0.303 e. The number of benzene rings is 1. The molecule has 2 unspecified atom stereocenters. The van der Waals surface area contributed by atoms with Crippen LogP contribution >= 0.6 is 15.9 Å². The number of aliphatic carboxylic acids is 1. The van der Waals surface area contributed by atoms with Gasteiger partial charge in [0.05, 0.1) is 0 Å². The molecule has 0 aliphatic heterocycles. The number of carbonyl (C=O) groups is 1. The van der Waals surface area contributed by atoms with Crippen LogP contribution in [0.3, 0.4) is 0 Å². The molecule has 0 saturated heterocycles. The van der Waals surface area contributed by atoms with E-state index in [0.717, 1.165) is 17.3 Å². The van der Waals surface area contributed by atoms with Gasteiger partial charge in [0, 0.05) is 10.9 Å². The number of carboxylic acid groups (broad SMARTS) is 1. The summed E-state index contributed by atoms with van der Waals surface area (Å²) in [5.74, 6) is -0.0630. The molecule has 2 atom stereocenters. The molecule has 0 saturated carbocycles. The van der Waals surface area contributed by atoms with Crippen LogP contribution in [0.25, 0.3) is 0 Å². The summed E-state index contributed by atoms with van der Waals surface area (Å²) in [6, 6.07) is 6.34. The molecule has 86 valence electrons. The van der Waals surface area contributed by atoms with Gasteiger partial charge in [-0.25, -0.2) is 0 Å². The molecular weight excluding hydrogens is 268 g/mol. The van der Waals surface area contributed by atoms with E-state index in [-0.39, 0.29) is 12.3 Å². The summed E-state index contributed by atoms with van der Waals surface area (Å²) in [6.45, 7) is 2.14. The Balaban J connectivity index is 2.26. The largest absolute Gasteiger partial charge is 0.481 e. The Labute approximate surface area is 104 Å². The molecule has 2 rings (SSSR count). The maximum atomic E-state index is 10.8. The van der Waals surface area contributed by atoms with Crippen LogP contribution < -0.4 is 0 Å². The first-order valence-corrected chi connectivity index (χ1v) is 6.37. The highest BCUT2D eigenvalue weighted by atomic mass is 79.9. The first kappa shape index (κ1) is 11.6. The molecule has 1 aromatic rings. The lowest BCUT2D eigenvalue weighted by Gasteiger charge is -2.30. The lowest BCUT2D eigenvalue weighted by molar-refractivity contribution is -0.138. The third-order valence-corrected chi connectivity index (χ3v) is 4.02. The molecule has 0 spiro atoms. The van der Waals surface area contributed by atoms with Gasteiger partial charge < -0.3 is 5.11 Å². The number of carboxylic acids is 1. The molecule has 0 bridgehead atoms. The molecule has 3 heteroatoms. The lowest BCUT2D eigenvalue weighted by atomic mass is 9.75. The molecule has 0 aromatic heterocycles. The Morgan fingerprint density at radius 2 is 2.31 bits per heavy atom. The fraction of sp³-hybridized carbons (Fsp3) is 0.462. The third kappa shape index (κ3) is 2.29. The van der Waals surface area contributed by atoms with Crippen molar-refractivity contribution in [1.82, 2.24) is 0 Å². The van der Waals surface area contributed by atoms with E-state index in [0.29, 0.717) is 5.92 Å². The van der Waals surface area contributed by atoms with Crippen molar-refractivity contribution < 1.29 is 9.90 Å². The standard InChI is InChI=1S/C13H15BrO2/c1-8-10(6-13(15)16)3-2-9-4-5-11(14)7-12(8)9/h4-5,7-8,10H,2-3,6H2,1H3,(H,15,16). The smallest absolute Gasteiger partial charge is 0.303 e. The van der Waals surface area contributed by atoms with E-state index in [9.17, 15) is 4.79 Å². The zero-order valence-corrected chi connectivity index (χ0v) is 10.8. The fourth-order valence-electron chi connectivity index (χ4n) is 2.57. The highest BCUT2D eigenvalue weighted by Gasteiger charge is 2.27. The van der Waals surface area contributed by atoms with E-state index in [2.05, 4.69) is 41.1 Å². The third-order valence-electron chi connectivity index (χ3n) is 3.53. The van der Waals surface area contributed by atoms with Gasteiger partial charge in [-0.1, -0.05) is 28.9 Å². The monoisotopic (exact) mass is 282 g/mol. The Morgan fingerprint density at radius 3 is 3.00 bits per heavy atom. The summed E-state index contributed by atoms with van der Waals surface area (Å²) in [5, 5.41) is 8.88. The minimum Gasteiger partial charge on any atom is -0.481 e. The number of hydrogen-bond acceptors (Lipinski definition) is 1. The van der Waals surface area contributed by atoms with E-state index in [1.807, 2.05) is 0 Å². The van der Waals surface area contributed by atoms with Crippen LogP contribution in [0.2, 0.25) is 0 Å². The summed E-state index contributed by atoms with van der Waals surface area (Å²) in [6.07, 6.45) is 2.28. The molecule has 0 heterocycles. The lowest BCUT2D eigenvalue weighted by Crippen LogP contribution is -2.21. The van der Waals surface area contributed by atoms with E-state index >= 15 is 0 Å². The maximum absolute atomic E-state index is 10.8. The SMILES string of the molecule is CC1c2cc(Br)ccc2CCC1CC(=O)O. The van der Waals surface area contributed by atoms with E-state index < -0.39 is 5.97 Å². The quantitative estimate of drug-likeness (QED) is 0.900. The Kier molecular flexibility index (Phi) is 3.33. The number of fused-ring (bicyclic) bond motifs is 1. The van der Waals surface area contributed by atoms with Crippen LogP contribution in [0.1, 0.15) is 36.8 Å². The second-order valence-electron chi connectivity index (χ2n) is 4.53. The van der Waals surface area contributed by atoms with Crippen molar-refractivity contribution in [2.24, 2.45) is 5.92 Å². The van der Waals surface area contributed by atoms with Crippen LogP contribution in [-0.2, 0) is 11.2 Å². The molecule has 1 aromatic carbocycles. The van der Waals surface area contributed by atoms with E-state index in [1.54, 1.807) is 0 Å². The molecule has 0 radical (unpaired) electrons. The van der Waals surface area contributed by atoms with Crippen molar-refractivity contribution in [3.05, 3.63) is 33.8 Å². The summed E-state index contributed by atoms with van der Waals surface area (Å²) >= 11 is 3.47. The summed E-state index contributed by atoms with van der Waals surface area (Å²) in [5.41, 5.74) is 2.68. The highest BCUT2D eigenvalue weighted by Crippen LogP contribution is 2.38. The predicted molar refractivity (Wildman–Crippen MR) is 66.6 cm³/mol. The van der Waals surface area contributed by atoms with Crippen LogP contribution in [0.4, 0.5) is 0 Å². The van der Waals surface area contributed by atoms with Crippen molar-refractivity contribution in [1.29, 1.82) is 0 Å². The van der Waals surface area contributed by atoms with Crippen molar-refractivity contribution in [2.45, 2.75) is 32.1 Å². The number of rotatable bonds is 2. The topological polar surface area (TPSA) is 37.3 Å². The van der Waals surface area contributed by atoms with Crippen LogP contribution in [0, 0.1) is 5.92 Å². The Morgan fingerprint density at radius 1 is 1.56 bits per heavy atom. The first-order valence-electron chi connectivity index (χ1n) is 5.58. The predicted octanol–water partition coefficient (Wildman–Crippen LogP) is 3.59. The van der Waals surface area contributed by atoms with Gasteiger partial charge in [-0.05, 0) is 47.9 Å². The zero-order valence-electron chi connectivity index (χ0n) is 9.24. The second kappa shape index (κ2) is 4.58. The van der Waals surface area contributed by atoms with Crippen molar-refractivity contribution in [2.75, 3.05) is 0 Å². The number of hydrogen-bond donors (Lipinski definition) is 1. The molecule has 1 N–H and O–H groups in total. The minimum atomic E-state index is -0.685. The van der Waals surface area contributed by atoms with Crippen molar-refractivity contribution >= 4 is 21.9 Å². The van der Waals surface area contributed by atoms with Crippen molar-refractivity contribution in [3.8, 4) is 0 Å². The molecule has 0 amide bonds. The van der Waals surface area contributed by atoms with Gasteiger partial charge in [-0.2, -0.15) is 0 Å². The molecular formula is C13H15BrO2. The van der Waals surface area contributed by atoms with Gasteiger partial charge in [0.1, 0.15) is 0 Å². The Hall–Kier alpha value is -0.830. The number of halogens is 1. The van der Waals surface area contributed by atoms with Crippen LogP contribution in [-0.4, -0.2) is 11.1 Å². The average Bonchev–Trinajstić information content (AvgIpc) is 2.22. The normalized spacial score (nSPS) is 23.9. The van der Waals surface area contributed by atoms with Gasteiger partial charge in [0.25, 0.3) is 0 Å². The average molecular weight is 283 g/mol. The molecule has 1 aliphatic rings. The van der Waals surface area contributed by atoms with Crippen LogP contribution in [0.15, 0.2) is 22.7 Å². The van der Waals surface area contributed by atoms with Gasteiger partial charge in [-0.3, -0.25) is 4.79 Å². The minimum absolute atomic E-state index is 0.277. The highest BCUT2D eigenvalue weighted by molar-refractivity contribution is 9.10. The second-order valence-corrected chi connectivity index (χ2v) is 5.44. The van der Waals surface area contributed by atoms with Gasteiger partial charge in [-0.15, -0.1) is 0 Å². The van der Waals surface area contributed by atoms with Gasteiger partial charge in [0.15, 0.2) is 0 Å². The summed E-state index contributed by atoms with van der Waals surface area (Å²) < 4.78 is 1.08. The molecule has 1 aliphatic carbocycles.